The summed E-state index contributed by atoms with van der Waals surface area (Å²) in [6.07, 6.45) is 3.27. The van der Waals surface area contributed by atoms with E-state index in [2.05, 4.69) is 10.6 Å². The number of thiocarbonyl (C=S) groups is 1. The zero-order chi connectivity index (χ0) is 16.8. The summed E-state index contributed by atoms with van der Waals surface area (Å²) in [7, 11) is 0. The molecule has 1 heterocycles. The molecule has 0 saturated carbocycles. The van der Waals surface area contributed by atoms with Crippen molar-refractivity contribution in [3.8, 4) is 0 Å². The molecule has 0 amide bonds. The third-order valence-electron chi connectivity index (χ3n) is 3.19. The Balaban J connectivity index is 1.88. The van der Waals surface area contributed by atoms with E-state index in [1.165, 1.54) is 18.2 Å². The lowest BCUT2D eigenvalue weighted by Gasteiger charge is -2.17. The minimum Gasteiger partial charge on any atom is -0.469 e. The molecular weight excluding hydrogens is 338 g/mol. The molecule has 1 aromatic carbocycles. The Labute approximate surface area is 144 Å². The first-order chi connectivity index (χ1) is 11.0. The van der Waals surface area contributed by atoms with E-state index in [9.17, 15) is 10.1 Å². The second-order valence-corrected chi connectivity index (χ2v) is 5.85. The average molecular weight is 354 g/mol. The summed E-state index contributed by atoms with van der Waals surface area (Å²) in [5, 5.41) is 17.5. The maximum absolute atomic E-state index is 10.8. The number of nitrogens with zero attached hydrogens (tertiary/aromatic N) is 1. The van der Waals surface area contributed by atoms with Crippen molar-refractivity contribution in [3.05, 3.63) is 57.5 Å². The Kier molecular flexibility index (Phi) is 5.95. The van der Waals surface area contributed by atoms with Gasteiger partial charge in [-0.25, -0.2) is 0 Å². The van der Waals surface area contributed by atoms with Gasteiger partial charge in [-0.1, -0.05) is 11.6 Å². The molecule has 0 bridgehead atoms. The molecule has 0 aliphatic heterocycles. The lowest BCUT2D eigenvalue weighted by Crippen LogP contribution is -2.36. The van der Waals surface area contributed by atoms with Crippen LogP contribution in [0.1, 0.15) is 19.1 Å². The Bertz CT molecular complexity index is 691. The van der Waals surface area contributed by atoms with Gasteiger partial charge in [0.25, 0.3) is 5.69 Å². The quantitative estimate of drug-likeness (QED) is 0.461. The molecule has 1 atom stereocenters. The Hall–Kier alpha value is -2.12. The van der Waals surface area contributed by atoms with E-state index < -0.39 is 4.92 Å². The molecule has 8 heteroatoms. The van der Waals surface area contributed by atoms with E-state index in [1.807, 2.05) is 19.1 Å². The molecular formula is C15H16ClN3O3S. The molecule has 122 valence electrons. The van der Waals surface area contributed by atoms with E-state index in [-0.39, 0.29) is 11.7 Å². The molecule has 0 spiro atoms. The van der Waals surface area contributed by atoms with Crippen LogP contribution in [-0.2, 0) is 6.42 Å². The van der Waals surface area contributed by atoms with Gasteiger partial charge in [-0.05, 0) is 43.8 Å². The normalized spacial score (nSPS) is 11.7. The standard InChI is InChI=1S/C15H16ClN3O3S/c1-10(4-6-12-3-2-8-22-12)17-15(23)18-14-9-11(19(20)21)5-7-13(14)16/h2-3,5,7-10H,4,6H2,1H3,(H2,17,18,23)/t10-/m0/s1. The molecule has 0 aliphatic rings. The third kappa shape index (κ3) is 5.22. The number of nitro groups is 1. The molecule has 23 heavy (non-hydrogen) atoms. The van der Waals surface area contributed by atoms with Crippen LogP contribution in [0.15, 0.2) is 41.0 Å². The number of halogens is 1. The fourth-order valence-electron chi connectivity index (χ4n) is 1.99. The molecule has 0 fully saturated rings. The summed E-state index contributed by atoms with van der Waals surface area (Å²) in [4.78, 5) is 10.3. The van der Waals surface area contributed by atoms with Gasteiger partial charge in [-0.2, -0.15) is 0 Å². The lowest BCUT2D eigenvalue weighted by atomic mass is 10.1. The first kappa shape index (κ1) is 17.2. The number of rotatable bonds is 6. The van der Waals surface area contributed by atoms with Gasteiger partial charge in [0, 0.05) is 24.6 Å². The third-order valence-corrected chi connectivity index (χ3v) is 3.74. The second-order valence-electron chi connectivity index (χ2n) is 5.04. The van der Waals surface area contributed by atoms with Crippen LogP contribution in [-0.4, -0.2) is 16.1 Å². The molecule has 2 rings (SSSR count). The monoisotopic (exact) mass is 353 g/mol. The number of hydrogen-bond acceptors (Lipinski definition) is 4. The van der Waals surface area contributed by atoms with Crippen LogP contribution in [0.25, 0.3) is 0 Å². The van der Waals surface area contributed by atoms with Crippen molar-refractivity contribution in [1.82, 2.24) is 5.32 Å². The number of nitrogens with one attached hydrogen (secondary N) is 2. The summed E-state index contributed by atoms with van der Waals surface area (Å²) in [6, 6.07) is 8.04. The Morgan fingerprint density at radius 3 is 2.91 bits per heavy atom. The van der Waals surface area contributed by atoms with Crippen molar-refractivity contribution in [1.29, 1.82) is 0 Å². The van der Waals surface area contributed by atoms with Gasteiger partial charge in [-0.15, -0.1) is 0 Å². The van der Waals surface area contributed by atoms with Crippen molar-refractivity contribution in [2.24, 2.45) is 0 Å². The van der Waals surface area contributed by atoms with E-state index >= 15 is 0 Å². The van der Waals surface area contributed by atoms with Crippen LogP contribution in [0, 0.1) is 10.1 Å². The molecule has 0 saturated heterocycles. The smallest absolute Gasteiger partial charge is 0.271 e. The molecule has 0 unspecified atom stereocenters. The second kappa shape index (κ2) is 7.94. The average Bonchev–Trinajstić information content (AvgIpc) is 3.00. The van der Waals surface area contributed by atoms with Crippen LogP contribution in [0.5, 0.6) is 0 Å². The van der Waals surface area contributed by atoms with E-state index in [1.54, 1.807) is 6.26 Å². The highest BCUT2D eigenvalue weighted by Gasteiger charge is 2.12. The highest BCUT2D eigenvalue weighted by atomic mass is 35.5. The van der Waals surface area contributed by atoms with Gasteiger partial charge in [0.05, 0.1) is 21.9 Å². The maximum Gasteiger partial charge on any atom is 0.271 e. The van der Waals surface area contributed by atoms with Crippen molar-refractivity contribution in [3.63, 3.8) is 0 Å². The number of non-ortho nitro benzene ring substituents is 1. The van der Waals surface area contributed by atoms with Crippen molar-refractivity contribution in [2.75, 3.05) is 5.32 Å². The summed E-state index contributed by atoms with van der Waals surface area (Å²) in [5.41, 5.74) is 0.349. The molecule has 1 aromatic heterocycles. The molecule has 0 aliphatic carbocycles. The van der Waals surface area contributed by atoms with Gasteiger partial charge in [0.2, 0.25) is 0 Å². The Morgan fingerprint density at radius 2 is 2.26 bits per heavy atom. The maximum atomic E-state index is 10.8. The van der Waals surface area contributed by atoms with Gasteiger partial charge in [0.15, 0.2) is 5.11 Å². The zero-order valence-corrected chi connectivity index (χ0v) is 14.0. The van der Waals surface area contributed by atoms with E-state index in [4.69, 9.17) is 28.2 Å². The number of furan rings is 1. The highest BCUT2D eigenvalue weighted by molar-refractivity contribution is 7.80. The number of hydrogen-bond donors (Lipinski definition) is 2. The van der Waals surface area contributed by atoms with Crippen LogP contribution in [0.2, 0.25) is 5.02 Å². The van der Waals surface area contributed by atoms with Crippen LogP contribution in [0.3, 0.4) is 0 Å². The summed E-state index contributed by atoms with van der Waals surface area (Å²) in [6.45, 7) is 1.99. The first-order valence-electron chi connectivity index (χ1n) is 6.99. The summed E-state index contributed by atoms with van der Waals surface area (Å²) >= 11 is 11.2. The predicted molar refractivity (Wildman–Crippen MR) is 94.0 cm³/mol. The minimum absolute atomic E-state index is 0.0504. The van der Waals surface area contributed by atoms with Crippen LogP contribution in [0.4, 0.5) is 11.4 Å². The van der Waals surface area contributed by atoms with Crippen molar-refractivity contribution < 1.29 is 9.34 Å². The Morgan fingerprint density at radius 1 is 1.48 bits per heavy atom. The number of benzene rings is 1. The lowest BCUT2D eigenvalue weighted by molar-refractivity contribution is -0.384. The minimum atomic E-state index is -0.482. The SMILES string of the molecule is C[C@@H](CCc1ccco1)NC(=S)Nc1cc([N+](=O)[O-])ccc1Cl. The van der Waals surface area contributed by atoms with E-state index in [0.717, 1.165) is 18.6 Å². The largest absolute Gasteiger partial charge is 0.469 e. The molecule has 6 nitrogen and oxygen atoms in total. The predicted octanol–water partition coefficient (Wildman–Crippen LogP) is 4.15. The number of aryl methyl sites for hydroxylation is 1. The topological polar surface area (TPSA) is 80.3 Å². The van der Waals surface area contributed by atoms with Crippen molar-refractivity contribution >= 4 is 40.3 Å². The first-order valence-corrected chi connectivity index (χ1v) is 7.78. The van der Waals surface area contributed by atoms with Crippen LogP contribution >= 0.6 is 23.8 Å². The highest BCUT2D eigenvalue weighted by Crippen LogP contribution is 2.26. The van der Waals surface area contributed by atoms with Gasteiger partial charge in [-0.3, -0.25) is 10.1 Å². The van der Waals surface area contributed by atoms with Crippen molar-refractivity contribution in [2.45, 2.75) is 25.8 Å². The van der Waals surface area contributed by atoms with E-state index in [0.29, 0.717) is 15.8 Å². The molecule has 2 aromatic rings. The number of anilines is 1. The van der Waals surface area contributed by atoms with Gasteiger partial charge >= 0.3 is 0 Å². The zero-order valence-electron chi connectivity index (χ0n) is 12.4. The van der Waals surface area contributed by atoms with Crippen LogP contribution < -0.4 is 10.6 Å². The molecule has 2 N–H and O–H groups in total. The summed E-state index contributed by atoms with van der Waals surface area (Å²) in [5.74, 6) is 0.916. The fourth-order valence-corrected chi connectivity index (χ4v) is 2.47. The molecule has 0 radical (unpaired) electrons. The fraction of sp³-hybridized carbons (Fsp3) is 0.267. The summed E-state index contributed by atoms with van der Waals surface area (Å²) < 4.78 is 5.28. The number of nitro benzene ring substituents is 1. The van der Waals surface area contributed by atoms with Gasteiger partial charge in [0.1, 0.15) is 5.76 Å². The van der Waals surface area contributed by atoms with Gasteiger partial charge < -0.3 is 15.1 Å².